The summed E-state index contributed by atoms with van der Waals surface area (Å²) in [6.07, 6.45) is 1.48. The SMILES string of the molecule is OCC1OC(CO)([S+](O)c2cncc(Br)c2)CC(n2cc(-c3cc(F)c(F)c(F)c3)nn2)[C@H]1O. The summed E-state index contributed by atoms with van der Waals surface area (Å²) in [6.45, 7) is -1.31. The Hall–Kier alpha value is -2.07. The number of hydrogen-bond donors (Lipinski definition) is 4. The average molecular weight is 564 g/mol. The van der Waals surface area contributed by atoms with Crippen molar-refractivity contribution in [1.29, 1.82) is 0 Å². The first-order valence-electron chi connectivity index (χ1n) is 9.87. The van der Waals surface area contributed by atoms with Crippen molar-refractivity contribution >= 4 is 27.1 Å². The topological polar surface area (TPSA) is 134 Å². The van der Waals surface area contributed by atoms with Crippen LogP contribution < -0.4 is 0 Å². The van der Waals surface area contributed by atoms with E-state index in [1.807, 2.05) is 0 Å². The molecule has 14 heteroatoms. The molecule has 1 aromatic carbocycles. The number of aromatic nitrogens is 4. The second kappa shape index (κ2) is 9.89. The largest absolute Gasteiger partial charge is 0.394 e. The van der Waals surface area contributed by atoms with Gasteiger partial charge in [0, 0.05) is 22.3 Å². The molecule has 0 saturated carbocycles. The molecule has 3 aromatic rings. The Morgan fingerprint density at radius 2 is 1.88 bits per heavy atom. The van der Waals surface area contributed by atoms with Gasteiger partial charge >= 0.3 is 0 Å². The second-order valence-electron chi connectivity index (χ2n) is 7.63. The van der Waals surface area contributed by atoms with Crippen LogP contribution in [0.25, 0.3) is 11.3 Å². The number of ether oxygens (including phenoxy) is 1. The zero-order chi connectivity index (χ0) is 24.6. The number of halogens is 4. The zero-order valence-corrected chi connectivity index (χ0v) is 19.6. The van der Waals surface area contributed by atoms with Crippen LogP contribution in [0.3, 0.4) is 0 Å². The van der Waals surface area contributed by atoms with Crippen LogP contribution >= 0.6 is 15.9 Å². The monoisotopic (exact) mass is 563 g/mol. The van der Waals surface area contributed by atoms with Gasteiger partial charge in [-0.3, -0.25) is 4.98 Å². The first-order chi connectivity index (χ1) is 16.2. The van der Waals surface area contributed by atoms with Gasteiger partial charge in [0.15, 0.2) is 17.5 Å². The quantitative estimate of drug-likeness (QED) is 0.264. The van der Waals surface area contributed by atoms with E-state index < -0.39 is 65.0 Å². The van der Waals surface area contributed by atoms with E-state index in [4.69, 9.17) is 4.74 Å². The molecule has 5 atom stereocenters. The molecule has 34 heavy (non-hydrogen) atoms. The Labute approximate surface area is 202 Å². The summed E-state index contributed by atoms with van der Waals surface area (Å²) >= 11 is 1.52. The van der Waals surface area contributed by atoms with E-state index in [0.29, 0.717) is 9.37 Å². The van der Waals surface area contributed by atoms with Crippen LogP contribution in [0.2, 0.25) is 0 Å². The molecule has 4 N–H and O–H groups in total. The molecule has 0 bridgehead atoms. The predicted molar refractivity (Wildman–Crippen MR) is 117 cm³/mol. The Morgan fingerprint density at radius 1 is 1.18 bits per heavy atom. The first-order valence-corrected chi connectivity index (χ1v) is 11.8. The third-order valence-corrected chi connectivity index (χ3v) is 7.67. The molecule has 0 radical (unpaired) electrons. The molecular formula is C20H19BrF3N4O5S+. The minimum absolute atomic E-state index is 0.00849. The van der Waals surface area contributed by atoms with Crippen molar-refractivity contribution in [2.24, 2.45) is 0 Å². The molecular weight excluding hydrogens is 545 g/mol. The number of hydrogen-bond acceptors (Lipinski definition) is 8. The van der Waals surface area contributed by atoms with Crippen molar-refractivity contribution in [2.75, 3.05) is 13.2 Å². The van der Waals surface area contributed by atoms with Crippen LogP contribution in [-0.4, -0.2) is 70.2 Å². The smallest absolute Gasteiger partial charge is 0.291 e. The number of aliphatic hydroxyl groups is 3. The van der Waals surface area contributed by atoms with Crippen LogP contribution in [0.5, 0.6) is 0 Å². The molecule has 0 spiro atoms. The third kappa shape index (κ3) is 4.58. The Balaban J connectivity index is 1.70. The standard InChI is InChI=1S/C20H19BrF3N4O5S/c21-11-3-12(6-25-5-11)34(32)20(9-30)4-16(19(31)17(8-29)33-20)28-7-15(26-27-28)10-1-13(22)18(24)14(23)2-10/h1-3,5-7,16-17,19,29-32H,4,8-9H2/q+1/t16?,17?,19-,20?,34?/m1/s1. The van der Waals surface area contributed by atoms with E-state index in [1.54, 1.807) is 6.07 Å². The molecule has 1 aliphatic rings. The van der Waals surface area contributed by atoms with Crippen LogP contribution in [0.15, 0.2) is 46.2 Å². The highest BCUT2D eigenvalue weighted by Crippen LogP contribution is 2.42. The lowest BCUT2D eigenvalue weighted by molar-refractivity contribution is -0.183. The third-order valence-electron chi connectivity index (χ3n) is 5.47. The lowest BCUT2D eigenvalue weighted by Gasteiger charge is -2.42. The van der Waals surface area contributed by atoms with Gasteiger partial charge in [-0.25, -0.2) is 17.9 Å². The van der Waals surface area contributed by atoms with E-state index in [-0.39, 0.29) is 17.7 Å². The second-order valence-corrected chi connectivity index (χ2v) is 10.3. The highest BCUT2D eigenvalue weighted by Gasteiger charge is 2.59. The molecule has 4 rings (SSSR count). The fraction of sp³-hybridized carbons (Fsp3) is 0.350. The number of aliphatic hydroxyl groups excluding tert-OH is 3. The summed E-state index contributed by atoms with van der Waals surface area (Å²) in [5, 5.41) is 38.6. The molecule has 2 aromatic heterocycles. The Morgan fingerprint density at radius 3 is 2.50 bits per heavy atom. The van der Waals surface area contributed by atoms with E-state index in [1.165, 1.54) is 23.3 Å². The fourth-order valence-corrected chi connectivity index (χ4v) is 5.76. The van der Waals surface area contributed by atoms with Crippen molar-refractivity contribution < 1.29 is 37.8 Å². The summed E-state index contributed by atoms with van der Waals surface area (Å²) in [5.74, 6) is -4.42. The Kier molecular flexibility index (Phi) is 7.28. The van der Waals surface area contributed by atoms with Crippen LogP contribution in [0.4, 0.5) is 13.2 Å². The molecule has 1 fully saturated rings. The molecule has 1 saturated heterocycles. The highest BCUT2D eigenvalue weighted by molar-refractivity contribution is 9.10. The highest BCUT2D eigenvalue weighted by atomic mass is 79.9. The minimum Gasteiger partial charge on any atom is -0.394 e. The van der Waals surface area contributed by atoms with Gasteiger partial charge < -0.3 is 20.1 Å². The maximum absolute atomic E-state index is 13.7. The molecule has 9 nitrogen and oxygen atoms in total. The van der Waals surface area contributed by atoms with Gasteiger partial charge in [0.2, 0.25) is 16.1 Å². The van der Waals surface area contributed by atoms with Crippen LogP contribution in [-0.2, 0) is 15.9 Å². The summed E-state index contributed by atoms with van der Waals surface area (Å²) in [6, 6.07) is 2.15. The normalized spacial score (nSPS) is 25.9. The summed E-state index contributed by atoms with van der Waals surface area (Å²) in [7, 11) is 0. The number of nitrogens with zero attached hydrogens (tertiary/aromatic N) is 4. The molecule has 0 aliphatic carbocycles. The van der Waals surface area contributed by atoms with Crippen molar-refractivity contribution in [3.05, 3.63) is 58.7 Å². The summed E-state index contributed by atoms with van der Waals surface area (Å²) in [4.78, 5) is 2.70. The van der Waals surface area contributed by atoms with Gasteiger partial charge in [-0.05, 0) is 28.1 Å². The van der Waals surface area contributed by atoms with Gasteiger partial charge in [0.25, 0.3) is 4.93 Å². The zero-order valence-electron chi connectivity index (χ0n) is 17.2. The van der Waals surface area contributed by atoms with E-state index >= 15 is 0 Å². The van der Waals surface area contributed by atoms with E-state index in [9.17, 15) is 33.0 Å². The van der Waals surface area contributed by atoms with Gasteiger partial charge in [0.05, 0.1) is 31.5 Å². The predicted octanol–water partition coefficient (Wildman–Crippen LogP) is 2.04. The number of rotatable bonds is 6. The van der Waals surface area contributed by atoms with Crippen LogP contribution in [0.1, 0.15) is 12.5 Å². The average Bonchev–Trinajstić information content (AvgIpc) is 3.32. The maximum Gasteiger partial charge on any atom is 0.291 e. The lowest BCUT2D eigenvalue weighted by atomic mass is 9.95. The van der Waals surface area contributed by atoms with Crippen molar-refractivity contribution in [2.45, 2.75) is 34.5 Å². The molecule has 182 valence electrons. The molecule has 3 heterocycles. The van der Waals surface area contributed by atoms with Crippen molar-refractivity contribution in [1.82, 2.24) is 20.0 Å². The lowest BCUT2D eigenvalue weighted by Crippen LogP contribution is -2.59. The number of benzene rings is 1. The molecule has 4 unspecified atom stereocenters. The van der Waals surface area contributed by atoms with Crippen molar-refractivity contribution in [3.63, 3.8) is 0 Å². The van der Waals surface area contributed by atoms with E-state index in [0.717, 1.165) is 12.1 Å². The van der Waals surface area contributed by atoms with Gasteiger partial charge in [-0.2, -0.15) is 4.55 Å². The fourth-order valence-electron chi connectivity index (χ4n) is 3.75. The summed E-state index contributed by atoms with van der Waals surface area (Å²) < 4.78 is 59.3. The number of pyridine rings is 1. The minimum atomic E-state index is -1.75. The maximum atomic E-state index is 13.7. The van der Waals surface area contributed by atoms with Crippen LogP contribution in [0, 0.1) is 17.5 Å². The van der Waals surface area contributed by atoms with Crippen molar-refractivity contribution in [3.8, 4) is 11.3 Å². The van der Waals surface area contributed by atoms with Gasteiger partial charge in [-0.1, -0.05) is 5.21 Å². The first kappa shape index (κ1) is 25.0. The molecule has 1 aliphatic heterocycles. The summed E-state index contributed by atoms with van der Waals surface area (Å²) in [5.41, 5.74) is -0.0933. The van der Waals surface area contributed by atoms with Gasteiger partial charge in [-0.15, -0.1) is 5.10 Å². The molecule has 0 amide bonds. The van der Waals surface area contributed by atoms with Gasteiger partial charge in [0.1, 0.15) is 24.5 Å². The van der Waals surface area contributed by atoms with E-state index in [2.05, 4.69) is 31.2 Å². The Bertz CT molecular complexity index is 1170.